The maximum absolute atomic E-state index is 11.9. The van der Waals surface area contributed by atoms with Crippen LogP contribution in [0.3, 0.4) is 0 Å². The van der Waals surface area contributed by atoms with Crippen LogP contribution in [0, 0.1) is 17.8 Å². The third-order valence-electron chi connectivity index (χ3n) is 4.02. The quantitative estimate of drug-likeness (QED) is 0.572. The van der Waals surface area contributed by atoms with Gasteiger partial charge in [0.2, 0.25) is 5.91 Å². The highest BCUT2D eigenvalue weighted by Gasteiger charge is 2.22. The molecule has 0 aromatic heterocycles. The highest BCUT2D eigenvalue weighted by Crippen LogP contribution is 2.18. The summed E-state index contributed by atoms with van der Waals surface area (Å²) in [5.74, 6) is -0.449. The van der Waals surface area contributed by atoms with Gasteiger partial charge in [-0.05, 0) is 24.2 Å². The molecule has 5 nitrogen and oxygen atoms in total. The van der Waals surface area contributed by atoms with Crippen molar-refractivity contribution < 1.29 is 14.7 Å². The van der Waals surface area contributed by atoms with Crippen LogP contribution >= 0.6 is 0 Å². The number of hydrogen-bond acceptors (Lipinski definition) is 3. The van der Waals surface area contributed by atoms with Crippen LogP contribution in [0.15, 0.2) is 0 Å². The fourth-order valence-corrected chi connectivity index (χ4v) is 2.10. The smallest absolute Gasteiger partial charge is 0.303 e. The summed E-state index contributed by atoms with van der Waals surface area (Å²) in [4.78, 5) is 22.8. The number of carbonyl (C=O) groups excluding carboxylic acids is 1. The van der Waals surface area contributed by atoms with Gasteiger partial charge in [-0.2, -0.15) is 0 Å². The number of amides is 1. The van der Waals surface area contributed by atoms with Gasteiger partial charge in [0.1, 0.15) is 0 Å². The molecule has 0 heterocycles. The molecule has 0 rings (SSSR count). The third-order valence-corrected chi connectivity index (χ3v) is 4.02. The van der Waals surface area contributed by atoms with E-state index in [0.717, 1.165) is 19.3 Å². The van der Waals surface area contributed by atoms with E-state index in [1.54, 1.807) is 0 Å². The lowest BCUT2D eigenvalue weighted by molar-refractivity contribution is -0.138. The zero-order chi connectivity index (χ0) is 15.7. The SMILES string of the molecule is CCC(C)CC(CNC(=O)C(N)C(C)CC)CC(=O)O. The number of hydrogen-bond donors (Lipinski definition) is 3. The number of nitrogens with two attached hydrogens (primary N) is 1. The summed E-state index contributed by atoms with van der Waals surface area (Å²) in [6.07, 6.45) is 2.75. The first-order valence-corrected chi connectivity index (χ1v) is 7.56. The molecule has 0 fully saturated rings. The maximum atomic E-state index is 11.9. The van der Waals surface area contributed by atoms with E-state index in [9.17, 15) is 9.59 Å². The number of nitrogens with one attached hydrogen (secondary N) is 1. The van der Waals surface area contributed by atoms with Gasteiger partial charge in [-0.15, -0.1) is 0 Å². The molecule has 0 aromatic carbocycles. The first-order chi connectivity index (χ1) is 9.31. The largest absolute Gasteiger partial charge is 0.481 e. The fraction of sp³-hybridized carbons (Fsp3) is 0.867. The lowest BCUT2D eigenvalue weighted by Gasteiger charge is -2.22. The summed E-state index contributed by atoms with van der Waals surface area (Å²) in [6.45, 7) is 8.51. The molecule has 118 valence electrons. The molecule has 0 aliphatic rings. The van der Waals surface area contributed by atoms with Crippen LogP contribution in [-0.2, 0) is 9.59 Å². The summed E-state index contributed by atoms with van der Waals surface area (Å²) in [5, 5.41) is 11.7. The monoisotopic (exact) mass is 286 g/mol. The van der Waals surface area contributed by atoms with Crippen molar-refractivity contribution in [2.45, 2.75) is 59.4 Å². The van der Waals surface area contributed by atoms with Crippen molar-refractivity contribution in [2.75, 3.05) is 6.54 Å². The third kappa shape index (κ3) is 7.48. The Balaban J connectivity index is 4.37. The van der Waals surface area contributed by atoms with E-state index in [-0.39, 0.29) is 24.2 Å². The molecule has 4 unspecified atom stereocenters. The normalized spacial score (nSPS) is 17.1. The van der Waals surface area contributed by atoms with Crippen molar-refractivity contribution in [3.63, 3.8) is 0 Å². The molecular weight excluding hydrogens is 256 g/mol. The molecule has 4 N–H and O–H groups in total. The summed E-state index contributed by atoms with van der Waals surface area (Å²) in [7, 11) is 0. The molecule has 5 heteroatoms. The number of aliphatic carboxylic acids is 1. The minimum atomic E-state index is -0.821. The number of carboxylic acids is 1. The first kappa shape index (κ1) is 18.9. The standard InChI is InChI=1S/C15H30N2O3/c1-5-10(3)7-12(8-13(18)19)9-17-15(20)14(16)11(4)6-2/h10-12,14H,5-9,16H2,1-4H3,(H,17,20)(H,18,19). The summed E-state index contributed by atoms with van der Waals surface area (Å²) in [6, 6.07) is -0.519. The second kappa shape index (κ2) is 9.75. The van der Waals surface area contributed by atoms with Crippen LogP contribution < -0.4 is 11.1 Å². The lowest BCUT2D eigenvalue weighted by Crippen LogP contribution is -2.46. The van der Waals surface area contributed by atoms with Crippen LogP contribution in [0.2, 0.25) is 0 Å². The van der Waals surface area contributed by atoms with E-state index in [0.29, 0.717) is 12.5 Å². The molecule has 0 saturated heterocycles. The Morgan fingerprint density at radius 1 is 1.20 bits per heavy atom. The fourth-order valence-electron chi connectivity index (χ4n) is 2.10. The zero-order valence-corrected chi connectivity index (χ0v) is 13.2. The van der Waals surface area contributed by atoms with E-state index in [2.05, 4.69) is 19.2 Å². The minimum absolute atomic E-state index is 0.0319. The lowest BCUT2D eigenvalue weighted by atomic mass is 9.91. The molecule has 0 spiro atoms. The molecule has 0 aliphatic heterocycles. The Morgan fingerprint density at radius 2 is 1.80 bits per heavy atom. The molecule has 1 amide bonds. The highest BCUT2D eigenvalue weighted by atomic mass is 16.4. The van der Waals surface area contributed by atoms with Gasteiger partial charge >= 0.3 is 5.97 Å². The highest BCUT2D eigenvalue weighted by molar-refractivity contribution is 5.81. The van der Waals surface area contributed by atoms with E-state index in [4.69, 9.17) is 10.8 Å². The van der Waals surface area contributed by atoms with Gasteiger partial charge in [0.05, 0.1) is 6.04 Å². The number of carboxylic acid groups (broad SMARTS) is 1. The average molecular weight is 286 g/mol. The van der Waals surface area contributed by atoms with Gasteiger partial charge in [0.25, 0.3) is 0 Å². The Hall–Kier alpha value is -1.10. The molecule has 0 saturated carbocycles. The van der Waals surface area contributed by atoms with E-state index < -0.39 is 12.0 Å². The Bertz CT molecular complexity index is 307. The predicted molar refractivity (Wildman–Crippen MR) is 80.3 cm³/mol. The molecule has 0 aromatic rings. The summed E-state index contributed by atoms with van der Waals surface area (Å²) >= 11 is 0. The van der Waals surface area contributed by atoms with Crippen LogP contribution in [0.25, 0.3) is 0 Å². The van der Waals surface area contributed by atoms with Crippen LogP contribution in [0.1, 0.15) is 53.4 Å². The number of carbonyl (C=O) groups is 2. The van der Waals surface area contributed by atoms with E-state index in [1.807, 2.05) is 13.8 Å². The maximum Gasteiger partial charge on any atom is 0.303 e. The predicted octanol–water partition coefficient (Wildman–Crippen LogP) is 2.00. The topological polar surface area (TPSA) is 92.4 Å². The van der Waals surface area contributed by atoms with Crippen molar-refractivity contribution in [1.29, 1.82) is 0 Å². The summed E-state index contributed by atoms with van der Waals surface area (Å²) in [5.41, 5.74) is 5.86. The van der Waals surface area contributed by atoms with Gasteiger partial charge in [-0.25, -0.2) is 0 Å². The van der Waals surface area contributed by atoms with Crippen LogP contribution in [0.4, 0.5) is 0 Å². The van der Waals surface area contributed by atoms with Crippen molar-refractivity contribution in [3.8, 4) is 0 Å². The molecule has 4 atom stereocenters. The molecular formula is C15H30N2O3. The molecule has 0 radical (unpaired) electrons. The van der Waals surface area contributed by atoms with E-state index >= 15 is 0 Å². The van der Waals surface area contributed by atoms with Gasteiger partial charge in [0.15, 0.2) is 0 Å². The molecule has 0 bridgehead atoms. The summed E-state index contributed by atoms with van der Waals surface area (Å²) < 4.78 is 0. The number of rotatable bonds is 10. The molecule has 20 heavy (non-hydrogen) atoms. The minimum Gasteiger partial charge on any atom is -0.481 e. The van der Waals surface area contributed by atoms with Gasteiger partial charge in [0, 0.05) is 13.0 Å². The van der Waals surface area contributed by atoms with Crippen molar-refractivity contribution in [1.82, 2.24) is 5.32 Å². The first-order valence-electron chi connectivity index (χ1n) is 7.56. The van der Waals surface area contributed by atoms with E-state index in [1.165, 1.54) is 0 Å². The Morgan fingerprint density at radius 3 is 2.25 bits per heavy atom. The average Bonchev–Trinajstić information content (AvgIpc) is 2.41. The molecule has 0 aliphatic carbocycles. The van der Waals surface area contributed by atoms with Crippen molar-refractivity contribution in [2.24, 2.45) is 23.5 Å². The van der Waals surface area contributed by atoms with Crippen molar-refractivity contribution in [3.05, 3.63) is 0 Å². The van der Waals surface area contributed by atoms with Crippen LogP contribution in [-0.4, -0.2) is 29.6 Å². The van der Waals surface area contributed by atoms with Gasteiger partial charge in [-0.1, -0.05) is 40.5 Å². The van der Waals surface area contributed by atoms with Crippen LogP contribution in [0.5, 0.6) is 0 Å². The zero-order valence-electron chi connectivity index (χ0n) is 13.2. The van der Waals surface area contributed by atoms with Gasteiger partial charge < -0.3 is 16.2 Å². The van der Waals surface area contributed by atoms with Gasteiger partial charge in [-0.3, -0.25) is 9.59 Å². The Kier molecular flexibility index (Phi) is 9.21. The second-order valence-electron chi connectivity index (χ2n) is 5.87. The Labute approximate surface area is 122 Å². The van der Waals surface area contributed by atoms with Crippen molar-refractivity contribution >= 4 is 11.9 Å². The second-order valence-corrected chi connectivity index (χ2v) is 5.87.